The van der Waals surface area contributed by atoms with Gasteiger partial charge in [0.05, 0.1) is 0 Å². The van der Waals surface area contributed by atoms with Crippen LogP contribution in [-0.2, 0) is 14.8 Å². The van der Waals surface area contributed by atoms with Crippen molar-refractivity contribution in [3.63, 3.8) is 0 Å². The Morgan fingerprint density at radius 2 is 1.90 bits per heavy atom. The van der Waals surface area contributed by atoms with Gasteiger partial charge in [0.25, 0.3) is 0 Å². The number of nitrogens with one attached hydrogen (secondary N) is 1. The van der Waals surface area contributed by atoms with Gasteiger partial charge in [0.15, 0.2) is 5.76 Å². The van der Waals surface area contributed by atoms with E-state index in [-0.39, 0.29) is 16.7 Å². The van der Waals surface area contributed by atoms with Crippen molar-refractivity contribution in [1.82, 2.24) is 19.7 Å². The minimum absolute atomic E-state index is 0.0812. The second-order valence-electron chi connectivity index (χ2n) is 9.00. The fraction of sp³-hybridized carbons (Fsp3) is 0.818. The van der Waals surface area contributed by atoms with Gasteiger partial charge < -0.3 is 14.7 Å². The molecule has 2 saturated heterocycles. The lowest BCUT2D eigenvalue weighted by Gasteiger charge is -2.35. The maximum Gasteiger partial charge on any atom is 0.248 e. The topological polar surface area (TPSA) is 95.8 Å². The first-order valence-electron chi connectivity index (χ1n) is 11.8. The maximum atomic E-state index is 12.9. The number of likely N-dealkylation sites (tertiary alicyclic amines) is 1. The zero-order valence-corrected chi connectivity index (χ0v) is 20.0. The van der Waals surface area contributed by atoms with Gasteiger partial charge in [0.2, 0.25) is 15.9 Å². The van der Waals surface area contributed by atoms with E-state index in [0.29, 0.717) is 56.4 Å². The average molecular weight is 455 g/mol. The minimum atomic E-state index is -3.60. The Balaban J connectivity index is 1.37. The minimum Gasteiger partial charge on any atom is -0.360 e. The fourth-order valence-electron chi connectivity index (χ4n) is 4.99. The molecule has 0 aliphatic carbocycles. The molecule has 0 aromatic carbocycles. The number of sulfonamides is 1. The number of aryl methyl sites for hydroxylation is 2. The number of aromatic nitrogens is 1. The van der Waals surface area contributed by atoms with Gasteiger partial charge >= 0.3 is 0 Å². The number of piperidine rings is 2. The number of carbonyl (C=O) groups is 1. The highest BCUT2D eigenvalue weighted by Gasteiger charge is 2.34. The summed E-state index contributed by atoms with van der Waals surface area (Å²) < 4.78 is 32.4. The molecule has 176 valence electrons. The smallest absolute Gasteiger partial charge is 0.248 e. The van der Waals surface area contributed by atoms with Crippen molar-refractivity contribution in [2.24, 2.45) is 5.92 Å². The number of hydrogen-bond donors (Lipinski definition) is 1. The Labute approximate surface area is 186 Å². The number of nitrogens with zero attached hydrogens (tertiary/aromatic N) is 3. The summed E-state index contributed by atoms with van der Waals surface area (Å²) in [4.78, 5) is 15.1. The summed E-state index contributed by atoms with van der Waals surface area (Å²) in [5.41, 5.74) is 0.397. The van der Waals surface area contributed by atoms with Crippen molar-refractivity contribution in [3.8, 4) is 0 Å². The maximum absolute atomic E-state index is 12.9. The van der Waals surface area contributed by atoms with Gasteiger partial charge in [-0.3, -0.25) is 4.79 Å². The van der Waals surface area contributed by atoms with E-state index in [0.717, 1.165) is 13.0 Å². The first-order valence-corrected chi connectivity index (χ1v) is 13.2. The Bertz CT molecular complexity index is 811. The molecule has 0 spiro atoms. The Hall–Kier alpha value is -1.45. The molecule has 0 radical (unpaired) electrons. The van der Waals surface area contributed by atoms with Crippen LogP contribution in [0, 0.1) is 19.8 Å². The van der Waals surface area contributed by atoms with E-state index < -0.39 is 10.0 Å². The molecule has 0 unspecified atom stereocenters. The van der Waals surface area contributed by atoms with Crippen LogP contribution in [0.1, 0.15) is 69.7 Å². The number of carbonyl (C=O) groups excluding carboxylic acids is 1. The molecule has 2 aliphatic rings. The van der Waals surface area contributed by atoms with E-state index in [4.69, 9.17) is 4.52 Å². The summed E-state index contributed by atoms with van der Waals surface area (Å²) in [5, 5.41) is 6.83. The quantitative estimate of drug-likeness (QED) is 0.577. The van der Waals surface area contributed by atoms with Crippen LogP contribution in [0.15, 0.2) is 9.42 Å². The van der Waals surface area contributed by atoms with E-state index in [1.54, 1.807) is 13.8 Å². The van der Waals surface area contributed by atoms with Gasteiger partial charge in [0.1, 0.15) is 10.6 Å². The molecular weight excluding hydrogens is 416 g/mol. The zero-order chi connectivity index (χ0) is 22.4. The van der Waals surface area contributed by atoms with Crippen LogP contribution in [0.5, 0.6) is 0 Å². The number of amides is 1. The first-order chi connectivity index (χ1) is 14.8. The standard InChI is InChI=1S/C22H38N4O4S/c1-4-20-8-5-6-12-25(20)13-7-11-23-21(27)16-19-9-14-26(15-10-19)31(28,29)22-17(2)24-30-18(22)3/h19-20H,4-16H2,1-3H3,(H,23,27)/t20-/m0/s1. The van der Waals surface area contributed by atoms with E-state index in [2.05, 4.69) is 22.3 Å². The molecule has 31 heavy (non-hydrogen) atoms. The molecule has 1 amide bonds. The first kappa shape index (κ1) is 24.2. The summed E-state index contributed by atoms with van der Waals surface area (Å²) >= 11 is 0. The van der Waals surface area contributed by atoms with E-state index >= 15 is 0 Å². The molecule has 1 N–H and O–H groups in total. The Kier molecular flexibility index (Phi) is 8.52. The van der Waals surface area contributed by atoms with Crippen molar-refractivity contribution in [3.05, 3.63) is 11.5 Å². The molecule has 1 atom stereocenters. The third-order valence-corrected chi connectivity index (χ3v) is 8.92. The molecule has 2 fully saturated rings. The fourth-order valence-corrected chi connectivity index (χ4v) is 6.75. The van der Waals surface area contributed by atoms with Crippen molar-refractivity contribution in [2.45, 2.75) is 83.1 Å². The predicted octanol–water partition coefficient (Wildman–Crippen LogP) is 2.85. The van der Waals surface area contributed by atoms with Gasteiger partial charge in [-0.25, -0.2) is 8.42 Å². The molecular formula is C22H38N4O4S. The summed E-state index contributed by atoms with van der Waals surface area (Å²) in [6, 6.07) is 0.705. The number of rotatable bonds is 9. The summed E-state index contributed by atoms with van der Waals surface area (Å²) in [5.74, 6) is 0.634. The third-order valence-electron chi connectivity index (χ3n) is 6.78. The van der Waals surface area contributed by atoms with Crippen LogP contribution >= 0.6 is 0 Å². The van der Waals surface area contributed by atoms with Crippen molar-refractivity contribution >= 4 is 15.9 Å². The largest absolute Gasteiger partial charge is 0.360 e. The van der Waals surface area contributed by atoms with Gasteiger partial charge in [-0.2, -0.15) is 4.31 Å². The molecule has 0 bridgehead atoms. The Morgan fingerprint density at radius 1 is 1.16 bits per heavy atom. The second kappa shape index (κ2) is 10.9. The van der Waals surface area contributed by atoms with Crippen molar-refractivity contribution in [1.29, 1.82) is 0 Å². The lowest BCUT2D eigenvalue weighted by atomic mass is 9.94. The van der Waals surface area contributed by atoms with Gasteiger partial charge in [-0.15, -0.1) is 0 Å². The van der Waals surface area contributed by atoms with Crippen LogP contribution < -0.4 is 5.32 Å². The monoisotopic (exact) mass is 454 g/mol. The van der Waals surface area contributed by atoms with Crippen LogP contribution in [0.2, 0.25) is 0 Å². The van der Waals surface area contributed by atoms with E-state index in [1.165, 1.54) is 36.5 Å². The highest BCUT2D eigenvalue weighted by atomic mass is 32.2. The van der Waals surface area contributed by atoms with Crippen molar-refractivity contribution < 1.29 is 17.7 Å². The number of hydrogen-bond acceptors (Lipinski definition) is 6. The van der Waals surface area contributed by atoms with Crippen LogP contribution in [0.4, 0.5) is 0 Å². The summed E-state index contributed by atoms with van der Waals surface area (Å²) in [7, 11) is -3.60. The molecule has 3 rings (SSSR count). The summed E-state index contributed by atoms with van der Waals surface area (Å²) in [6.45, 7) is 9.33. The highest BCUT2D eigenvalue weighted by Crippen LogP contribution is 2.28. The molecule has 1 aromatic heterocycles. The van der Waals surface area contributed by atoms with E-state index in [1.807, 2.05) is 0 Å². The molecule has 2 aliphatic heterocycles. The molecule has 1 aromatic rings. The molecule has 3 heterocycles. The van der Waals surface area contributed by atoms with Gasteiger partial charge in [0, 0.05) is 38.6 Å². The van der Waals surface area contributed by atoms with Crippen LogP contribution in [-0.4, -0.2) is 67.5 Å². The zero-order valence-electron chi connectivity index (χ0n) is 19.2. The van der Waals surface area contributed by atoms with Crippen LogP contribution in [0.25, 0.3) is 0 Å². The van der Waals surface area contributed by atoms with Crippen molar-refractivity contribution in [2.75, 3.05) is 32.7 Å². The summed E-state index contributed by atoms with van der Waals surface area (Å²) in [6.07, 6.45) is 7.98. The molecule has 8 nitrogen and oxygen atoms in total. The predicted molar refractivity (Wildman–Crippen MR) is 119 cm³/mol. The SMILES string of the molecule is CC[C@H]1CCCCN1CCCNC(=O)CC1CCN(S(=O)(=O)c2c(C)noc2C)CC1. The van der Waals surface area contributed by atoms with Gasteiger partial charge in [-0.05, 0) is 64.8 Å². The lowest BCUT2D eigenvalue weighted by molar-refractivity contribution is -0.122. The average Bonchev–Trinajstić information content (AvgIpc) is 3.10. The molecule has 9 heteroatoms. The lowest BCUT2D eigenvalue weighted by Crippen LogP contribution is -2.41. The molecule has 0 saturated carbocycles. The third kappa shape index (κ3) is 6.08. The van der Waals surface area contributed by atoms with E-state index in [9.17, 15) is 13.2 Å². The second-order valence-corrected chi connectivity index (χ2v) is 10.9. The normalized spacial score (nSPS) is 22.0. The van der Waals surface area contributed by atoms with Gasteiger partial charge in [-0.1, -0.05) is 18.5 Å². The highest BCUT2D eigenvalue weighted by molar-refractivity contribution is 7.89. The van der Waals surface area contributed by atoms with Crippen LogP contribution in [0.3, 0.4) is 0 Å². The Morgan fingerprint density at radius 3 is 2.55 bits per heavy atom.